The van der Waals surface area contributed by atoms with Gasteiger partial charge >= 0.3 is 0 Å². The average Bonchev–Trinajstić information content (AvgIpc) is 2.90. The quantitative estimate of drug-likeness (QED) is 0.784. The topological polar surface area (TPSA) is 53.8 Å². The van der Waals surface area contributed by atoms with Gasteiger partial charge < -0.3 is 9.84 Å². The minimum Gasteiger partial charge on any atom is -0.497 e. The number of aliphatic hydroxyl groups is 1. The number of piperazine rings is 1. The zero-order valence-corrected chi connectivity index (χ0v) is 17.1. The average molecular weight is 393 g/mol. The minimum absolute atomic E-state index is 0.194. The second-order valence-electron chi connectivity index (χ2n) is 7.20. The maximum absolute atomic E-state index is 9.55. The number of aryl methyl sites for hydroxylation is 2. The lowest BCUT2D eigenvalue weighted by atomic mass is 10.1. The monoisotopic (exact) mass is 392 g/mol. The van der Waals surface area contributed by atoms with Crippen LogP contribution in [0.5, 0.6) is 5.75 Å². The Labute approximate surface area is 166 Å². The number of aliphatic hydroxyl groups excluding tert-OH is 1. The van der Waals surface area contributed by atoms with Crippen molar-refractivity contribution in [3.05, 3.63) is 46.2 Å². The summed E-state index contributed by atoms with van der Waals surface area (Å²) in [6.07, 6.45) is 0.764. The van der Waals surface area contributed by atoms with Crippen LogP contribution < -0.4 is 4.74 Å². The van der Waals surface area contributed by atoms with Gasteiger partial charge in [0.1, 0.15) is 10.9 Å². The van der Waals surface area contributed by atoms with Crippen LogP contribution >= 0.6 is 11.6 Å². The molecular formula is C20H29ClN4O2. The molecule has 3 rings (SSSR count). The number of hydrogen-bond donors (Lipinski definition) is 1. The van der Waals surface area contributed by atoms with Crippen LogP contribution in [-0.4, -0.2) is 64.1 Å². The zero-order chi connectivity index (χ0) is 19.4. The van der Waals surface area contributed by atoms with E-state index < -0.39 is 0 Å². The third-order valence-corrected chi connectivity index (χ3v) is 5.80. The van der Waals surface area contributed by atoms with Crippen LogP contribution in [0.2, 0.25) is 5.15 Å². The molecule has 0 spiro atoms. The Hall–Kier alpha value is -1.60. The summed E-state index contributed by atoms with van der Waals surface area (Å²) in [5.74, 6) is 0.881. The van der Waals surface area contributed by atoms with Crippen molar-refractivity contribution in [3.63, 3.8) is 0 Å². The SMILES string of the molecule is COc1cccc(CN2CCN(Cc3c(C)nn(C)c3Cl)C[C@@H]2CCO)c1. The number of halogens is 1. The molecule has 0 unspecified atom stereocenters. The van der Waals surface area contributed by atoms with Crippen molar-refractivity contribution in [3.8, 4) is 5.75 Å². The Kier molecular flexibility index (Phi) is 6.76. The van der Waals surface area contributed by atoms with Crippen LogP contribution in [0.3, 0.4) is 0 Å². The molecule has 1 N–H and O–H groups in total. The maximum Gasteiger partial charge on any atom is 0.131 e. The molecule has 1 aliphatic heterocycles. The summed E-state index contributed by atoms with van der Waals surface area (Å²) < 4.78 is 7.07. The third kappa shape index (κ3) is 4.82. The summed E-state index contributed by atoms with van der Waals surface area (Å²) in [6.45, 7) is 6.70. The van der Waals surface area contributed by atoms with Crippen molar-refractivity contribution < 1.29 is 9.84 Å². The van der Waals surface area contributed by atoms with E-state index >= 15 is 0 Å². The third-order valence-electron chi connectivity index (χ3n) is 5.32. The molecule has 0 amide bonds. The Balaban J connectivity index is 1.67. The van der Waals surface area contributed by atoms with Crippen LogP contribution in [0, 0.1) is 6.92 Å². The Bertz CT molecular complexity index is 764. The predicted octanol–water partition coefficient (Wildman–Crippen LogP) is 2.46. The van der Waals surface area contributed by atoms with Gasteiger partial charge in [0.25, 0.3) is 0 Å². The van der Waals surface area contributed by atoms with E-state index in [-0.39, 0.29) is 6.61 Å². The molecule has 7 heteroatoms. The van der Waals surface area contributed by atoms with Gasteiger partial charge in [-0.25, -0.2) is 0 Å². The number of benzene rings is 1. The fourth-order valence-electron chi connectivity index (χ4n) is 3.81. The number of nitrogens with zero attached hydrogens (tertiary/aromatic N) is 4. The molecule has 27 heavy (non-hydrogen) atoms. The van der Waals surface area contributed by atoms with Crippen LogP contribution in [0.15, 0.2) is 24.3 Å². The lowest BCUT2D eigenvalue weighted by Crippen LogP contribution is -2.52. The van der Waals surface area contributed by atoms with Crippen molar-refractivity contribution >= 4 is 11.6 Å². The van der Waals surface area contributed by atoms with Crippen molar-refractivity contribution in [2.24, 2.45) is 7.05 Å². The minimum atomic E-state index is 0.194. The number of hydrogen-bond acceptors (Lipinski definition) is 5. The highest BCUT2D eigenvalue weighted by atomic mass is 35.5. The summed E-state index contributed by atoms with van der Waals surface area (Å²) >= 11 is 6.41. The van der Waals surface area contributed by atoms with Crippen molar-refractivity contribution in [2.75, 3.05) is 33.4 Å². The van der Waals surface area contributed by atoms with Crippen LogP contribution in [-0.2, 0) is 20.1 Å². The molecule has 1 saturated heterocycles. The van der Waals surface area contributed by atoms with Gasteiger partial charge in [-0.15, -0.1) is 0 Å². The Morgan fingerprint density at radius 2 is 2.11 bits per heavy atom. The van der Waals surface area contributed by atoms with Crippen molar-refractivity contribution in [1.29, 1.82) is 0 Å². The van der Waals surface area contributed by atoms with E-state index in [1.54, 1.807) is 11.8 Å². The van der Waals surface area contributed by atoms with E-state index in [2.05, 4.69) is 27.0 Å². The lowest BCUT2D eigenvalue weighted by molar-refractivity contribution is 0.0498. The first-order chi connectivity index (χ1) is 13.0. The first-order valence-electron chi connectivity index (χ1n) is 9.40. The van der Waals surface area contributed by atoms with Gasteiger partial charge in [0.2, 0.25) is 0 Å². The highest BCUT2D eigenvalue weighted by Gasteiger charge is 2.28. The molecule has 0 aliphatic carbocycles. The van der Waals surface area contributed by atoms with E-state index in [4.69, 9.17) is 16.3 Å². The highest BCUT2D eigenvalue weighted by molar-refractivity contribution is 6.30. The van der Waals surface area contributed by atoms with E-state index in [1.807, 2.05) is 26.1 Å². The number of aromatic nitrogens is 2. The van der Waals surface area contributed by atoms with Crippen molar-refractivity contribution in [2.45, 2.75) is 32.5 Å². The molecule has 1 aromatic heterocycles. The van der Waals surface area contributed by atoms with Crippen LogP contribution in [0.1, 0.15) is 23.2 Å². The Morgan fingerprint density at radius 3 is 2.78 bits per heavy atom. The zero-order valence-electron chi connectivity index (χ0n) is 16.4. The number of methoxy groups -OCH3 is 1. The van der Waals surface area contributed by atoms with Gasteiger partial charge in [-0.05, 0) is 31.0 Å². The molecule has 148 valence electrons. The van der Waals surface area contributed by atoms with E-state index in [0.29, 0.717) is 11.2 Å². The van der Waals surface area contributed by atoms with Gasteiger partial charge in [0.15, 0.2) is 0 Å². The summed E-state index contributed by atoms with van der Waals surface area (Å²) in [7, 11) is 3.57. The van der Waals surface area contributed by atoms with Crippen LogP contribution in [0.4, 0.5) is 0 Å². The molecule has 0 radical (unpaired) electrons. The largest absolute Gasteiger partial charge is 0.497 e. The van der Waals surface area contributed by atoms with E-state index in [0.717, 1.165) is 56.2 Å². The number of rotatable bonds is 7. The Morgan fingerprint density at radius 1 is 1.30 bits per heavy atom. The molecule has 1 atom stereocenters. The van der Waals surface area contributed by atoms with Gasteiger partial charge in [0, 0.05) is 58.0 Å². The highest BCUT2D eigenvalue weighted by Crippen LogP contribution is 2.24. The molecular weight excluding hydrogens is 364 g/mol. The van der Waals surface area contributed by atoms with E-state index in [1.165, 1.54) is 5.56 Å². The standard InChI is InChI=1S/C20H29ClN4O2/c1-15-19(20(21)23(2)22-15)14-24-8-9-25(17(13-24)7-10-26)12-16-5-4-6-18(11-16)27-3/h4-6,11,17,26H,7-10,12-14H2,1-3H3/t17-/m0/s1. The summed E-state index contributed by atoms with van der Waals surface area (Å²) in [5, 5.41) is 14.7. The molecule has 1 aromatic carbocycles. The van der Waals surface area contributed by atoms with Gasteiger partial charge in [-0.2, -0.15) is 5.10 Å². The maximum atomic E-state index is 9.55. The first kappa shape index (κ1) is 20.1. The number of ether oxygens (including phenoxy) is 1. The molecule has 0 saturated carbocycles. The second-order valence-corrected chi connectivity index (χ2v) is 7.56. The molecule has 0 bridgehead atoms. The normalized spacial score (nSPS) is 18.8. The summed E-state index contributed by atoms with van der Waals surface area (Å²) in [6, 6.07) is 8.52. The molecule has 6 nitrogen and oxygen atoms in total. The lowest BCUT2D eigenvalue weighted by Gasteiger charge is -2.41. The summed E-state index contributed by atoms with van der Waals surface area (Å²) in [5.41, 5.74) is 3.32. The second kappa shape index (κ2) is 9.06. The van der Waals surface area contributed by atoms with Gasteiger partial charge in [0.05, 0.1) is 12.8 Å². The van der Waals surface area contributed by atoms with Crippen LogP contribution in [0.25, 0.3) is 0 Å². The van der Waals surface area contributed by atoms with Gasteiger partial charge in [-0.3, -0.25) is 14.5 Å². The fraction of sp³-hybridized carbons (Fsp3) is 0.550. The molecule has 1 aliphatic rings. The van der Waals surface area contributed by atoms with Crippen molar-refractivity contribution in [1.82, 2.24) is 19.6 Å². The van der Waals surface area contributed by atoms with Gasteiger partial charge in [-0.1, -0.05) is 23.7 Å². The van der Waals surface area contributed by atoms with E-state index in [9.17, 15) is 5.11 Å². The molecule has 2 aromatic rings. The molecule has 2 heterocycles. The smallest absolute Gasteiger partial charge is 0.131 e. The fourth-order valence-corrected chi connectivity index (χ4v) is 4.05. The predicted molar refractivity (Wildman–Crippen MR) is 107 cm³/mol. The first-order valence-corrected chi connectivity index (χ1v) is 9.77. The molecule has 1 fully saturated rings. The summed E-state index contributed by atoms with van der Waals surface area (Å²) in [4.78, 5) is 4.87.